The second-order valence-corrected chi connectivity index (χ2v) is 7.10. The van der Waals surface area contributed by atoms with Gasteiger partial charge >= 0.3 is 0 Å². The van der Waals surface area contributed by atoms with Gasteiger partial charge in [-0.1, -0.05) is 13.0 Å². The summed E-state index contributed by atoms with van der Waals surface area (Å²) in [6, 6.07) is 7.91. The average molecular weight is 340 g/mol. The van der Waals surface area contributed by atoms with Crippen molar-refractivity contribution < 1.29 is 9.47 Å². The van der Waals surface area contributed by atoms with Crippen molar-refractivity contribution in [3.05, 3.63) is 39.3 Å². The molecule has 1 aromatic carbocycles. The highest BCUT2D eigenvalue weighted by atomic mass is 32.1. The van der Waals surface area contributed by atoms with Crippen molar-refractivity contribution in [3.63, 3.8) is 0 Å². The van der Waals surface area contributed by atoms with Crippen molar-refractivity contribution in [3.8, 4) is 17.6 Å². The van der Waals surface area contributed by atoms with Gasteiger partial charge in [0.1, 0.15) is 11.1 Å². The number of methoxy groups -OCH3 is 2. The SMILES string of the molecule is COc1ccc(/C=C(\C#N)c2nc3c(s2)CC(C)CC3)cc1OC. The number of aromatic nitrogens is 1. The molecule has 0 amide bonds. The quantitative estimate of drug-likeness (QED) is 0.777. The van der Waals surface area contributed by atoms with Gasteiger partial charge in [0.15, 0.2) is 11.5 Å². The van der Waals surface area contributed by atoms with Gasteiger partial charge in [0, 0.05) is 4.88 Å². The molecule has 0 N–H and O–H groups in total. The maximum atomic E-state index is 9.57. The zero-order valence-corrected chi connectivity index (χ0v) is 14.9. The van der Waals surface area contributed by atoms with Crippen LogP contribution in [-0.4, -0.2) is 19.2 Å². The van der Waals surface area contributed by atoms with Crippen LogP contribution >= 0.6 is 11.3 Å². The lowest BCUT2D eigenvalue weighted by Crippen LogP contribution is -2.09. The first-order valence-corrected chi connectivity index (χ1v) is 8.79. The van der Waals surface area contributed by atoms with Gasteiger partial charge in [0.25, 0.3) is 0 Å². The molecule has 2 aromatic rings. The van der Waals surface area contributed by atoms with Crippen LogP contribution in [-0.2, 0) is 12.8 Å². The maximum absolute atomic E-state index is 9.57. The van der Waals surface area contributed by atoms with E-state index in [2.05, 4.69) is 13.0 Å². The molecule has 0 aliphatic heterocycles. The first-order chi connectivity index (χ1) is 11.6. The minimum absolute atomic E-state index is 0.592. The lowest BCUT2D eigenvalue weighted by Gasteiger charge is -2.15. The summed E-state index contributed by atoms with van der Waals surface area (Å²) in [5.41, 5.74) is 2.65. The van der Waals surface area contributed by atoms with E-state index in [1.807, 2.05) is 24.3 Å². The molecule has 1 unspecified atom stereocenters. The lowest BCUT2D eigenvalue weighted by atomic mass is 9.93. The van der Waals surface area contributed by atoms with Crippen molar-refractivity contribution >= 4 is 23.0 Å². The zero-order valence-electron chi connectivity index (χ0n) is 14.1. The van der Waals surface area contributed by atoms with Crippen LogP contribution < -0.4 is 9.47 Å². The van der Waals surface area contributed by atoms with Crippen LogP contribution in [0, 0.1) is 17.2 Å². The van der Waals surface area contributed by atoms with E-state index in [1.165, 1.54) is 17.0 Å². The van der Waals surface area contributed by atoms with Gasteiger partial charge in [-0.2, -0.15) is 5.26 Å². The van der Waals surface area contributed by atoms with Gasteiger partial charge in [-0.15, -0.1) is 11.3 Å². The molecule has 0 fully saturated rings. The first kappa shape index (κ1) is 16.5. The van der Waals surface area contributed by atoms with Gasteiger partial charge in [-0.05, 0) is 49.0 Å². The Bertz CT molecular complexity index is 817. The predicted molar refractivity (Wildman–Crippen MR) is 96.3 cm³/mol. The third-order valence-corrected chi connectivity index (χ3v) is 5.41. The van der Waals surface area contributed by atoms with E-state index in [-0.39, 0.29) is 0 Å². The molecule has 1 atom stereocenters. The molecular formula is C19H20N2O2S. The van der Waals surface area contributed by atoms with Crippen LogP contribution in [0.4, 0.5) is 0 Å². The standard InChI is InChI=1S/C19H20N2O2S/c1-12-4-6-15-18(8-12)24-19(21-15)14(11-20)9-13-5-7-16(22-2)17(10-13)23-3/h5,7,9-10,12H,4,6,8H2,1-3H3/b14-9+. The molecule has 0 spiro atoms. The van der Waals surface area contributed by atoms with Crippen molar-refractivity contribution in [2.75, 3.05) is 14.2 Å². The number of ether oxygens (including phenoxy) is 2. The van der Waals surface area contributed by atoms with Gasteiger partial charge < -0.3 is 9.47 Å². The molecule has 1 aliphatic rings. The second-order valence-electron chi connectivity index (χ2n) is 6.02. The van der Waals surface area contributed by atoms with Gasteiger partial charge in [0.05, 0.1) is 25.5 Å². The van der Waals surface area contributed by atoms with E-state index in [4.69, 9.17) is 14.5 Å². The molecule has 0 bridgehead atoms. The second kappa shape index (κ2) is 7.06. The van der Waals surface area contributed by atoms with Gasteiger partial charge in [-0.3, -0.25) is 0 Å². The lowest BCUT2D eigenvalue weighted by molar-refractivity contribution is 0.355. The summed E-state index contributed by atoms with van der Waals surface area (Å²) in [6.45, 7) is 2.27. The third-order valence-electron chi connectivity index (χ3n) is 4.26. The fraction of sp³-hybridized carbons (Fsp3) is 0.368. The van der Waals surface area contributed by atoms with Crippen LogP contribution in [0.1, 0.15) is 34.5 Å². The van der Waals surface area contributed by atoms with E-state index in [0.29, 0.717) is 23.0 Å². The molecule has 1 heterocycles. The highest BCUT2D eigenvalue weighted by Crippen LogP contribution is 2.34. The Hall–Kier alpha value is -2.32. The van der Waals surface area contributed by atoms with Crippen molar-refractivity contribution in [2.45, 2.75) is 26.2 Å². The fourth-order valence-corrected chi connectivity index (χ4v) is 4.14. The van der Waals surface area contributed by atoms with E-state index >= 15 is 0 Å². The molecule has 24 heavy (non-hydrogen) atoms. The largest absolute Gasteiger partial charge is 0.493 e. The topological polar surface area (TPSA) is 55.1 Å². The number of nitrogens with zero attached hydrogens (tertiary/aromatic N) is 2. The minimum atomic E-state index is 0.592. The molecule has 1 aromatic heterocycles. The molecule has 1 aliphatic carbocycles. The summed E-state index contributed by atoms with van der Waals surface area (Å²) in [7, 11) is 3.21. The highest BCUT2D eigenvalue weighted by Gasteiger charge is 2.21. The summed E-state index contributed by atoms with van der Waals surface area (Å²) < 4.78 is 10.6. The third kappa shape index (κ3) is 3.29. The zero-order chi connectivity index (χ0) is 17.1. The van der Waals surface area contributed by atoms with E-state index in [1.54, 1.807) is 25.6 Å². The Morgan fingerprint density at radius 2 is 2.12 bits per heavy atom. The number of aryl methyl sites for hydroxylation is 1. The average Bonchev–Trinajstić information content (AvgIpc) is 3.02. The molecule has 4 nitrogen and oxygen atoms in total. The van der Waals surface area contributed by atoms with Crippen molar-refractivity contribution in [1.82, 2.24) is 4.98 Å². The number of benzene rings is 1. The number of rotatable bonds is 4. The van der Waals surface area contributed by atoms with Crippen molar-refractivity contribution in [2.24, 2.45) is 5.92 Å². The van der Waals surface area contributed by atoms with Gasteiger partial charge in [0.2, 0.25) is 0 Å². The van der Waals surface area contributed by atoms with Gasteiger partial charge in [-0.25, -0.2) is 4.98 Å². The highest BCUT2D eigenvalue weighted by molar-refractivity contribution is 7.13. The number of allylic oxidation sites excluding steroid dienone is 1. The number of fused-ring (bicyclic) bond motifs is 1. The Balaban J connectivity index is 1.95. The minimum Gasteiger partial charge on any atom is -0.493 e. The molecule has 124 valence electrons. The maximum Gasteiger partial charge on any atom is 0.161 e. The fourth-order valence-electron chi connectivity index (χ4n) is 2.91. The Morgan fingerprint density at radius 3 is 2.83 bits per heavy atom. The van der Waals surface area contributed by atoms with E-state index in [9.17, 15) is 5.26 Å². The number of thiazole rings is 1. The normalized spacial score (nSPS) is 17.1. The van der Waals surface area contributed by atoms with Crippen molar-refractivity contribution in [1.29, 1.82) is 5.26 Å². The molecule has 0 saturated heterocycles. The predicted octanol–water partition coefficient (Wildman–Crippen LogP) is 4.35. The van der Waals surface area contributed by atoms with E-state index < -0.39 is 0 Å². The molecule has 3 rings (SSSR count). The summed E-state index contributed by atoms with van der Waals surface area (Å²) in [6.07, 6.45) is 5.12. The molecular weight excluding hydrogens is 320 g/mol. The molecule has 5 heteroatoms. The molecule has 0 radical (unpaired) electrons. The summed E-state index contributed by atoms with van der Waals surface area (Å²) in [4.78, 5) is 6.03. The number of hydrogen-bond donors (Lipinski definition) is 0. The summed E-state index contributed by atoms with van der Waals surface area (Å²) in [5.74, 6) is 2.02. The molecule has 0 saturated carbocycles. The number of hydrogen-bond acceptors (Lipinski definition) is 5. The Morgan fingerprint density at radius 1 is 1.33 bits per heavy atom. The van der Waals surface area contributed by atoms with Crippen LogP contribution in [0.5, 0.6) is 11.5 Å². The monoisotopic (exact) mass is 340 g/mol. The van der Waals surface area contributed by atoms with Crippen LogP contribution in [0.25, 0.3) is 11.6 Å². The summed E-state index contributed by atoms with van der Waals surface area (Å²) in [5, 5.41) is 10.4. The summed E-state index contributed by atoms with van der Waals surface area (Å²) >= 11 is 1.65. The number of nitriles is 1. The van der Waals surface area contributed by atoms with Crippen LogP contribution in [0.15, 0.2) is 18.2 Å². The Labute approximate surface area is 146 Å². The van der Waals surface area contributed by atoms with Crippen LogP contribution in [0.2, 0.25) is 0 Å². The first-order valence-electron chi connectivity index (χ1n) is 7.97. The van der Waals surface area contributed by atoms with E-state index in [0.717, 1.165) is 23.4 Å². The van der Waals surface area contributed by atoms with Crippen LogP contribution in [0.3, 0.4) is 0 Å². The smallest absolute Gasteiger partial charge is 0.161 e. The Kier molecular flexibility index (Phi) is 4.86.